The van der Waals surface area contributed by atoms with Crippen molar-refractivity contribution in [1.29, 1.82) is 0 Å². The summed E-state index contributed by atoms with van der Waals surface area (Å²) in [6, 6.07) is 3.87. The number of carbonyl (C=O) groups excluding carboxylic acids is 1. The molecule has 0 bridgehead atoms. The summed E-state index contributed by atoms with van der Waals surface area (Å²) in [6.07, 6.45) is 1.62. The molecule has 3 N–H and O–H groups in total. The van der Waals surface area contributed by atoms with Gasteiger partial charge in [0.05, 0.1) is 31.2 Å². The number of esters is 1. The van der Waals surface area contributed by atoms with Crippen molar-refractivity contribution in [3.8, 4) is 16.9 Å². The first-order valence-electron chi connectivity index (χ1n) is 7.94. The highest BCUT2D eigenvalue weighted by molar-refractivity contribution is 7.92. The van der Waals surface area contributed by atoms with E-state index in [1.807, 2.05) is 0 Å². The molecule has 0 atom stereocenters. The van der Waals surface area contributed by atoms with Gasteiger partial charge >= 0.3 is 5.97 Å². The predicted octanol–water partition coefficient (Wildman–Crippen LogP) is 2.42. The van der Waals surface area contributed by atoms with Gasteiger partial charge in [0.15, 0.2) is 11.6 Å². The monoisotopic (exact) mass is 397 g/mol. The van der Waals surface area contributed by atoms with Crippen molar-refractivity contribution < 1.29 is 27.1 Å². The van der Waals surface area contributed by atoms with Crippen LogP contribution in [0.25, 0.3) is 11.1 Å². The number of rotatable bonds is 7. The zero-order valence-electron chi connectivity index (χ0n) is 15.1. The molecule has 0 unspecified atom stereocenters. The van der Waals surface area contributed by atoms with Crippen LogP contribution < -0.4 is 15.2 Å². The molecule has 0 spiro atoms. The molecular formula is C17H20FN3O5S. The standard InChI is InChI=1S/C17H20FN3O5S/c1-4-5-27(23,24)21-14-8-10(7-13(18)15(14)25-2)12-6-11(17(22)26-3)9-20-16(12)19/h6-9,21H,4-5H2,1-3H3,(H2,19,20). The van der Waals surface area contributed by atoms with Gasteiger partial charge in [-0.3, -0.25) is 4.72 Å². The van der Waals surface area contributed by atoms with Crippen molar-refractivity contribution in [2.45, 2.75) is 13.3 Å². The zero-order valence-corrected chi connectivity index (χ0v) is 15.9. The van der Waals surface area contributed by atoms with Crippen LogP contribution in [0.3, 0.4) is 0 Å². The molecule has 146 valence electrons. The van der Waals surface area contributed by atoms with Gasteiger partial charge in [-0.2, -0.15) is 0 Å². The minimum absolute atomic E-state index is 0.0367. The Morgan fingerprint density at radius 1 is 1.30 bits per heavy atom. The molecule has 27 heavy (non-hydrogen) atoms. The number of halogens is 1. The van der Waals surface area contributed by atoms with Crippen molar-refractivity contribution in [2.24, 2.45) is 0 Å². The molecule has 1 aromatic heterocycles. The Labute approximate surface area is 156 Å². The van der Waals surface area contributed by atoms with Gasteiger partial charge in [0.1, 0.15) is 5.82 Å². The molecule has 0 radical (unpaired) electrons. The van der Waals surface area contributed by atoms with Crippen LogP contribution in [0.5, 0.6) is 5.75 Å². The number of benzene rings is 1. The Kier molecular flexibility index (Phi) is 6.21. The van der Waals surface area contributed by atoms with Crippen LogP contribution in [0.1, 0.15) is 23.7 Å². The fourth-order valence-electron chi connectivity index (χ4n) is 2.46. The molecule has 2 aromatic rings. The first-order chi connectivity index (χ1) is 12.7. The SMILES string of the molecule is CCCS(=O)(=O)Nc1cc(-c2cc(C(=O)OC)cnc2N)cc(F)c1OC. The summed E-state index contributed by atoms with van der Waals surface area (Å²) in [7, 11) is -1.25. The van der Waals surface area contributed by atoms with Crippen LogP contribution in [0.15, 0.2) is 24.4 Å². The maximum absolute atomic E-state index is 14.5. The van der Waals surface area contributed by atoms with Crippen LogP contribution in [-0.2, 0) is 14.8 Å². The molecule has 0 saturated heterocycles. The van der Waals surface area contributed by atoms with Crippen LogP contribution in [-0.4, -0.2) is 39.3 Å². The average Bonchev–Trinajstić information content (AvgIpc) is 2.60. The molecule has 10 heteroatoms. The van der Waals surface area contributed by atoms with Crippen molar-refractivity contribution in [2.75, 3.05) is 30.4 Å². The fourth-order valence-corrected chi connectivity index (χ4v) is 3.58. The van der Waals surface area contributed by atoms with Gasteiger partial charge in [-0.05, 0) is 30.2 Å². The second-order valence-electron chi connectivity index (χ2n) is 5.61. The van der Waals surface area contributed by atoms with Gasteiger partial charge in [0.25, 0.3) is 0 Å². The Hall–Kier alpha value is -2.88. The summed E-state index contributed by atoms with van der Waals surface area (Å²) in [5, 5.41) is 0. The molecular weight excluding hydrogens is 377 g/mol. The zero-order chi connectivity index (χ0) is 20.2. The quantitative estimate of drug-likeness (QED) is 0.688. The van der Waals surface area contributed by atoms with Gasteiger partial charge in [0.2, 0.25) is 10.0 Å². The Balaban J connectivity index is 2.61. The van der Waals surface area contributed by atoms with Crippen molar-refractivity contribution >= 4 is 27.5 Å². The molecule has 0 aliphatic heterocycles. The number of anilines is 2. The maximum Gasteiger partial charge on any atom is 0.339 e. The molecule has 0 aliphatic rings. The molecule has 8 nitrogen and oxygen atoms in total. The van der Waals surface area contributed by atoms with Gasteiger partial charge < -0.3 is 15.2 Å². The third-order valence-corrected chi connectivity index (χ3v) is 5.11. The molecule has 1 heterocycles. The number of carbonyl (C=O) groups is 1. The van der Waals surface area contributed by atoms with E-state index in [-0.39, 0.29) is 39.7 Å². The minimum Gasteiger partial charge on any atom is -0.492 e. The number of sulfonamides is 1. The molecule has 2 rings (SSSR count). The summed E-state index contributed by atoms with van der Waals surface area (Å²) in [6.45, 7) is 1.71. The molecule has 0 amide bonds. The van der Waals surface area contributed by atoms with Crippen LogP contribution in [0, 0.1) is 5.82 Å². The first-order valence-corrected chi connectivity index (χ1v) is 9.59. The number of nitrogen functional groups attached to an aromatic ring is 1. The van der Waals surface area contributed by atoms with Crippen LogP contribution in [0.4, 0.5) is 15.9 Å². The van der Waals surface area contributed by atoms with E-state index in [4.69, 9.17) is 10.5 Å². The molecule has 0 fully saturated rings. The number of pyridine rings is 1. The van der Waals surface area contributed by atoms with Crippen molar-refractivity contribution in [3.63, 3.8) is 0 Å². The Morgan fingerprint density at radius 3 is 2.59 bits per heavy atom. The highest BCUT2D eigenvalue weighted by Crippen LogP contribution is 2.36. The maximum atomic E-state index is 14.5. The average molecular weight is 397 g/mol. The van der Waals surface area contributed by atoms with E-state index in [2.05, 4.69) is 14.4 Å². The number of nitrogens with zero attached hydrogens (tertiary/aromatic N) is 1. The normalized spacial score (nSPS) is 11.1. The van der Waals surface area contributed by atoms with Crippen LogP contribution in [0.2, 0.25) is 0 Å². The lowest BCUT2D eigenvalue weighted by atomic mass is 10.0. The fraction of sp³-hybridized carbons (Fsp3) is 0.294. The van der Waals surface area contributed by atoms with E-state index < -0.39 is 21.8 Å². The number of methoxy groups -OCH3 is 2. The first kappa shape index (κ1) is 20.4. The minimum atomic E-state index is -3.69. The number of nitrogens with two attached hydrogens (primary N) is 1. The Bertz CT molecular complexity index is 963. The second-order valence-corrected chi connectivity index (χ2v) is 7.45. The number of hydrogen-bond acceptors (Lipinski definition) is 7. The summed E-state index contributed by atoms with van der Waals surface area (Å²) in [4.78, 5) is 15.6. The van der Waals surface area contributed by atoms with E-state index in [1.54, 1.807) is 6.92 Å². The third-order valence-electron chi connectivity index (χ3n) is 3.64. The highest BCUT2D eigenvalue weighted by atomic mass is 32.2. The lowest BCUT2D eigenvalue weighted by molar-refractivity contribution is 0.0600. The third kappa shape index (κ3) is 4.64. The van der Waals surface area contributed by atoms with E-state index in [9.17, 15) is 17.6 Å². The number of ether oxygens (including phenoxy) is 2. The lowest BCUT2D eigenvalue weighted by Gasteiger charge is -2.15. The van der Waals surface area contributed by atoms with Gasteiger partial charge in [-0.1, -0.05) is 6.92 Å². The second kappa shape index (κ2) is 8.21. The van der Waals surface area contributed by atoms with E-state index in [0.29, 0.717) is 6.42 Å². The van der Waals surface area contributed by atoms with E-state index in [0.717, 1.165) is 6.07 Å². The van der Waals surface area contributed by atoms with Gasteiger partial charge in [0, 0.05) is 11.8 Å². The lowest BCUT2D eigenvalue weighted by Crippen LogP contribution is -2.17. The van der Waals surface area contributed by atoms with Crippen molar-refractivity contribution in [1.82, 2.24) is 4.98 Å². The summed E-state index contributed by atoms with van der Waals surface area (Å²) in [5.74, 6) is -1.79. The molecule has 1 aromatic carbocycles. The van der Waals surface area contributed by atoms with E-state index in [1.165, 1.54) is 32.5 Å². The van der Waals surface area contributed by atoms with Crippen LogP contribution >= 0.6 is 0 Å². The largest absolute Gasteiger partial charge is 0.492 e. The van der Waals surface area contributed by atoms with Crippen molar-refractivity contribution in [3.05, 3.63) is 35.8 Å². The topological polar surface area (TPSA) is 121 Å². The number of hydrogen-bond donors (Lipinski definition) is 2. The van der Waals surface area contributed by atoms with Gasteiger partial charge in [-0.25, -0.2) is 22.6 Å². The predicted molar refractivity (Wildman–Crippen MR) is 99.6 cm³/mol. The summed E-state index contributed by atoms with van der Waals surface area (Å²) < 4.78 is 50.6. The Morgan fingerprint density at radius 2 is 2.00 bits per heavy atom. The molecule has 0 saturated carbocycles. The number of aromatic nitrogens is 1. The molecule has 0 aliphatic carbocycles. The summed E-state index contributed by atoms with van der Waals surface area (Å²) >= 11 is 0. The van der Waals surface area contributed by atoms with E-state index >= 15 is 0 Å². The highest BCUT2D eigenvalue weighted by Gasteiger charge is 2.19. The van der Waals surface area contributed by atoms with Gasteiger partial charge in [-0.15, -0.1) is 0 Å². The number of nitrogens with one attached hydrogen (secondary N) is 1. The summed E-state index contributed by atoms with van der Waals surface area (Å²) in [5.41, 5.74) is 6.36. The smallest absolute Gasteiger partial charge is 0.339 e.